The second kappa shape index (κ2) is 9.70. The Labute approximate surface area is 223 Å². The molecule has 8 nitrogen and oxygen atoms in total. The minimum Gasteiger partial charge on any atom is -0.453 e. The van der Waals surface area contributed by atoms with Crippen LogP contribution in [-0.4, -0.2) is 62.1 Å². The third kappa shape index (κ3) is 5.29. The molecule has 0 bridgehead atoms. The van der Waals surface area contributed by atoms with Crippen molar-refractivity contribution in [1.29, 1.82) is 0 Å². The lowest BCUT2D eigenvalue weighted by Crippen LogP contribution is -2.65. The first-order valence-electron chi connectivity index (χ1n) is 12.5. The van der Waals surface area contributed by atoms with E-state index in [0.717, 1.165) is 48.5 Å². The Kier molecular flexibility index (Phi) is 6.45. The van der Waals surface area contributed by atoms with Gasteiger partial charge >= 0.3 is 6.36 Å². The third-order valence-electron chi connectivity index (χ3n) is 7.20. The predicted molar refractivity (Wildman–Crippen MR) is 137 cm³/mol. The van der Waals surface area contributed by atoms with Gasteiger partial charge in [-0.25, -0.2) is 13.1 Å². The molecule has 3 atom stereocenters. The molecule has 2 aliphatic heterocycles. The maximum Gasteiger partial charge on any atom is 0.573 e. The molecule has 1 saturated heterocycles. The van der Waals surface area contributed by atoms with Crippen molar-refractivity contribution >= 4 is 21.4 Å². The summed E-state index contributed by atoms with van der Waals surface area (Å²) in [5, 5.41) is 11.7. The summed E-state index contributed by atoms with van der Waals surface area (Å²) in [5.74, 6) is 0.735. The van der Waals surface area contributed by atoms with Crippen molar-refractivity contribution in [2.75, 3.05) is 18.0 Å². The van der Waals surface area contributed by atoms with Gasteiger partial charge in [-0.1, -0.05) is 24.3 Å². The molecule has 2 heterocycles. The van der Waals surface area contributed by atoms with E-state index in [4.69, 9.17) is 4.74 Å². The number of hydrogen-bond acceptors (Lipinski definition) is 7. The summed E-state index contributed by atoms with van der Waals surface area (Å²) < 4.78 is 76.7. The molecule has 3 aromatic rings. The van der Waals surface area contributed by atoms with Gasteiger partial charge in [-0.05, 0) is 61.4 Å². The summed E-state index contributed by atoms with van der Waals surface area (Å²) >= 11 is 0. The zero-order valence-electron chi connectivity index (χ0n) is 20.6. The van der Waals surface area contributed by atoms with Crippen molar-refractivity contribution < 1.29 is 36.2 Å². The molecule has 1 aliphatic carbocycles. The number of para-hydroxylation sites is 4. The fraction of sp³-hybridized carbons (Fsp3) is 0.333. The molecule has 0 spiro atoms. The summed E-state index contributed by atoms with van der Waals surface area (Å²) in [7, 11) is -4.17. The summed E-state index contributed by atoms with van der Waals surface area (Å²) in [6.45, 7) is 0.806. The van der Waals surface area contributed by atoms with Crippen LogP contribution in [0.2, 0.25) is 0 Å². The maximum absolute atomic E-state index is 13.3. The van der Waals surface area contributed by atoms with Gasteiger partial charge in [0.05, 0.1) is 34.5 Å². The zero-order chi connectivity index (χ0) is 27.4. The molecule has 0 aromatic heterocycles. The van der Waals surface area contributed by atoms with Crippen LogP contribution < -0.4 is 19.1 Å². The van der Waals surface area contributed by atoms with E-state index in [0.29, 0.717) is 24.6 Å². The molecule has 2 fully saturated rings. The average Bonchev–Trinajstić information content (AvgIpc) is 3.74. The van der Waals surface area contributed by atoms with Crippen molar-refractivity contribution in [2.24, 2.45) is 0 Å². The van der Waals surface area contributed by atoms with Crippen LogP contribution >= 0.6 is 0 Å². The van der Waals surface area contributed by atoms with E-state index in [1.807, 2.05) is 53.4 Å². The molecule has 2 N–H and O–H groups in total. The van der Waals surface area contributed by atoms with Gasteiger partial charge in [0.15, 0.2) is 11.5 Å². The van der Waals surface area contributed by atoms with Crippen molar-refractivity contribution in [3.05, 3.63) is 72.8 Å². The minimum absolute atomic E-state index is 0.230. The van der Waals surface area contributed by atoms with Crippen molar-refractivity contribution in [1.82, 2.24) is 9.62 Å². The van der Waals surface area contributed by atoms with Crippen LogP contribution in [0.4, 0.5) is 24.5 Å². The first-order chi connectivity index (χ1) is 18.6. The number of anilines is 2. The van der Waals surface area contributed by atoms with Gasteiger partial charge in [0.25, 0.3) is 0 Å². The van der Waals surface area contributed by atoms with Crippen molar-refractivity contribution in [2.45, 2.75) is 48.3 Å². The van der Waals surface area contributed by atoms with Gasteiger partial charge in [0.1, 0.15) is 5.75 Å². The van der Waals surface area contributed by atoms with Crippen LogP contribution in [0.15, 0.2) is 77.7 Å². The predicted octanol–water partition coefficient (Wildman–Crippen LogP) is 4.38. The van der Waals surface area contributed by atoms with Gasteiger partial charge in [-0.3, -0.25) is 4.90 Å². The Morgan fingerprint density at radius 3 is 2.05 bits per heavy atom. The molecule has 206 valence electrons. The molecule has 39 heavy (non-hydrogen) atoms. The highest BCUT2D eigenvalue weighted by Gasteiger charge is 2.46. The Hall–Kier alpha value is -3.32. The van der Waals surface area contributed by atoms with E-state index in [1.165, 1.54) is 0 Å². The maximum atomic E-state index is 13.3. The van der Waals surface area contributed by atoms with Crippen molar-refractivity contribution in [3.63, 3.8) is 0 Å². The van der Waals surface area contributed by atoms with Gasteiger partial charge in [0, 0.05) is 19.1 Å². The Morgan fingerprint density at radius 2 is 1.49 bits per heavy atom. The number of benzene rings is 3. The molecular weight excluding hydrogens is 535 g/mol. The molecule has 0 unspecified atom stereocenters. The normalized spacial score (nSPS) is 23.5. The van der Waals surface area contributed by atoms with E-state index in [9.17, 15) is 26.7 Å². The first-order valence-corrected chi connectivity index (χ1v) is 14.0. The zero-order valence-corrected chi connectivity index (χ0v) is 21.4. The quantitative estimate of drug-likeness (QED) is 0.462. The largest absolute Gasteiger partial charge is 0.573 e. The topological polar surface area (TPSA) is 91.3 Å². The number of piperidine rings is 1. The molecule has 12 heteroatoms. The lowest BCUT2D eigenvalue weighted by Gasteiger charge is -2.48. The van der Waals surface area contributed by atoms with E-state index < -0.39 is 40.3 Å². The van der Waals surface area contributed by atoms with E-state index in [2.05, 4.69) is 14.4 Å². The van der Waals surface area contributed by atoms with Gasteiger partial charge < -0.3 is 19.5 Å². The van der Waals surface area contributed by atoms with Gasteiger partial charge in [0.2, 0.25) is 10.0 Å². The molecule has 1 saturated carbocycles. The number of alkyl halides is 3. The fourth-order valence-corrected chi connectivity index (χ4v) is 6.55. The Bertz CT molecular complexity index is 1420. The molecule has 3 aliphatic rings. The second-order valence-corrected chi connectivity index (χ2v) is 11.6. The summed E-state index contributed by atoms with van der Waals surface area (Å²) in [6.07, 6.45) is -4.02. The molecule has 0 radical (unpaired) electrons. The number of aliphatic hydroxyl groups excluding tert-OH is 1. The number of likely N-dealkylation sites (tertiary alicyclic amines) is 1. The molecule has 0 amide bonds. The Morgan fingerprint density at radius 1 is 0.897 bits per heavy atom. The lowest BCUT2D eigenvalue weighted by molar-refractivity contribution is -0.274. The van der Waals surface area contributed by atoms with E-state index in [1.54, 1.807) is 0 Å². The van der Waals surface area contributed by atoms with Crippen LogP contribution in [-0.2, 0) is 10.0 Å². The summed E-state index contributed by atoms with van der Waals surface area (Å²) in [4.78, 5) is 3.97. The first kappa shape index (κ1) is 25.9. The highest BCUT2D eigenvalue weighted by molar-refractivity contribution is 7.89. The van der Waals surface area contributed by atoms with Crippen LogP contribution in [0.3, 0.4) is 0 Å². The number of rotatable bonds is 6. The molecular formula is C27H26F3N3O5S. The Balaban J connectivity index is 1.31. The molecule has 3 aromatic carbocycles. The van der Waals surface area contributed by atoms with Crippen LogP contribution in [0.5, 0.6) is 17.2 Å². The third-order valence-corrected chi connectivity index (χ3v) is 8.70. The minimum atomic E-state index is -4.89. The van der Waals surface area contributed by atoms with Gasteiger partial charge in [-0.2, -0.15) is 0 Å². The lowest BCUT2D eigenvalue weighted by atomic mass is 9.94. The highest BCUT2D eigenvalue weighted by Crippen LogP contribution is 2.48. The smallest absolute Gasteiger partial charge is 0.453 e. The average molecular weight is 562 g/mol. The second-order valence-electron chi connectivity index (χ2n) is 9.90. The summed E-state index contributed by atoms with van der Waals surface area (Å²) in [5.41, 5.74) is 1.53. The highest BCUT2D eigenvalue weighted by atomic mass is 32.2. The number of nitrogens with one attached hydrogen (secondary N) is 1. The summed E-state index contributed by atoms with van der Waals surface area (Å²) in [6, 6.07) is 17.9. The number of halogens is 3. The van der Waals surface area contributed by atoms with E-state index >= 15 is 0 Å². The monoisotopic (exact) mass is 561 g/mol. The van der Waals surface area contributed by atoms with Crippen molar-refractivity contribution in [3.8, 4) is 17.2 Å². The fourth-order valence-electron chi connectivity index (χ4n) is 5.31. The number of aliphatic hydroxyl groups is 1. The van der Waals surface area contributed by atoms with Crippen LogP contribution in [0, 0.1) is 0 Å². The number of ether oxygens (including phenoxy) is 2. The SMILES string of the molecule is O=S(=O)(N[C@@H]1CN(C2CC2)C[C@H](N2c3ccccc3Oc3ccccc32)[C@H]1O)c1ccc(OC(F)(F)F)cc1. The molecule has 6 rings (SSSR count). The number of sulfonamides is 1. The van der Waals surface area contributed by atoms with Gasteiger partial charge in [-0.15, -0.1) is 13.2 Å². The standard InChI is InChI=1S/C27H26F3N3O5S/c28-27(29,30)38-18-11-13-19(14-12-18)39(35,36)31-20-15-32(17-9-10-17)16-23(26(20)34)33-21-5-1-3-7-24(21)37-25-8-4-2-6-22(25)33/h1-8,11-14,17,20,23,26,31,34H,9-10,15-16H2/t20-,23+,26+/m1/s1. The number of nitrogens with zero attached hydrogens (tertiary/aromatic N) is 2. The van der Waals surface area contributed by atoms with Crippen LogP contribution in [0.25, 0.3) is 0 Å². The van der Waals surface area contributed by atoms with E-state index in [-0.39, 0.29) is 10.9 Å². The number of hydrogen-bond donors (Lipinski definition) is 2. The van der Waals surface area contributed by atoms with Crippen LogP contribution in [0.1, 0.15) is 12.8 Å². The number of fused-ring (bicyclic) bond motifs is 2.